The molecule has 0 radical (unpaired) electrons. The van der Waals surface area contributed by atoms with Crippen LogP contribution in [-0.4, -0.2) is 48.0 Å². The lowest BCUT2D eigenvalue weighted by Crippen LogP contribution is -2.59. The number of likely N-dealkylation sites (N-methyl/N-ethyl adjacent to an activating group) is 1. The van der Waals surface area contributed by atoms with Crippen LogP contribution in [0.2, 0.25) is 0 Å². The van der Waals surface area contributed by atoms with Gasteiger partial charge in [-0.05, 0) is 6.92 Å². The summed E-state index contributed by atoms with van der Waals surface area (Å²) >= 11 is 0. The molecule has 0 atom stereocenters. The van der Waals surface area contributed by atoms with Crippen molar-refractivity contribution in [1.82, 2.24) is 4.90 Å². The topological polar surface area (TPSA) is 20.3 Å². The number of rotatable bonds is 4. The Labute approximate surface area is 116 Å². The fourth-order valence-corrected chi connectivity index (χ4v) is 2.92. The van der Waals surface area contributed by atoms with E-state index >= 15 is 0 Å². The van der Waals surface area contributed by atoms with E-state index in [-0.39, 0.29) is 0 Å². The van der Waals surface area contributed by atoms with Crippen molar-refractivity contribution >= 4 is 5.91 Å². The maximum atomic E-state index is 11.7. The molecular weight excluding hydrogens is 236 g/mol. The molecule has 1 aromatic carbocycles. The van der Waals surface area contributed by atoms with Crippen molar-refractivity contribution in [2.45, 2.75) is 26.8 Å². The average Bonchev–Trinajstić information content (AvgIpc) is 2.48. The molecule has 1 saturated heterocycles. The maximum Gasteiger partial charge on any atom is 0.222 e. The zero-order valence-corrected chi connectivity index (χ0v) is 12.1. The Balaban J connectivity index is 2.00. The Hall–Kier alpha value is -1.35. The minimum absolute atomic E-state index is 0.300. The molecule has 1 aromatic rings. The molecule has 0 N–H and O–H groups in total. The van der Waals surface area contributed by atoms with Gasteiger partial charge >= 0.3 is 0 Å². The van der Waals surface area contributed by atoms with E-state index in [9.17, 15) is 4.79 Å². The molecule has 1 amide bonds. The second-order valence-electron chi connectivity index (χ2n) is 5.48. The van der Waals surface area contributed by atoms with Crippen LogP contribution >= 0.6 is 0 Å². The lowest BCUT2D eigenvalue weighted by molar-refractivity contribution is -0.942. The summed E-state index contributed by atoms with van der Waals surface area (Å²) in [5, 5.41) is 0. The predicted molar refractivity (Wildman–Crippen MR) is 77.6 cm³/mol. The van der Waals surface area contributed by atoms with E-state index < -0.39 is 0 Å². The number of hydrogen-bond donors (Lipinski definition) is 0. The van der Waals surface area contributed by atoms with Gasteiger partial charge in [0.25, 0.3) is 0 Å². The van der Waals surface area contributed by atoms with Crippen molar-refractivity contribution in [3.8, 4) is 0 Å². The highest BCUT2D eigenvalue weighted by Gasteiger charge is 2.32. The number of hydrogen-bond acceptors (Lipinski definition) is 1. The Morgan fingerprint density at radius 3 is 2.32 bits per heavy atom. The van der Waals surface area contributed by atoms with E-state index in [1.807, 2.05) is 11.8 Å². The van der Waals surface area contributed by atoms with Crippen molar-refractivity contribution in [3.05, 3.63) is 35.9 Å². The molecule has 1 fully saturated rings. The fourth-order valence-electron chi connectivity index (χ4n) is 2.92. The maximum absolute atomic E-state index is 11.7. The quantitative estimate of drug-likeness (QED) is 0.761. The average molecular weight is 261 g/mol. The molecule has 0 aliphatic carbocycles. The highest BCUT2D eigenvalue weighted by atomic mass is 16.2. The van der Waals surface area contributed by atoms with E-state index in [0.29, 0.717) is 12.3 Å². The van der Waals surface area contributed by atoms with E-state index in [1.54, 1.807) is 0 Å². The van der Waals surface area contributed by atoms with Crippen LogP contribution in [0.4, 0.5) is 0 Å². The number of amides is 1. The minimum Gasteiger partial charge on any atom is -0.331 e. The van der Waals surface area contributed by atoms with Gasteiger partial charge in [-0.3, -0.25) is 4.79 Å². The molecule has 1 aliphatic rings. The van der Waals surface area contributed by atoms with Crippen LogP contribution in [0, 0.1) is 0 Å². The van der Waals surface area contributed by atoms with Gasteiger partial charge in [-0.15, -0.1) is 0 Å². The molecule has 0 saturated carbocycles. The smallest absolute Gasteiger partial charge is 0.222 e. The summed E-state index contributed by atoms with van der Waals surface area (Å²) in [4.78, 5) is 13.8. The van der Waals surface area contributed by atoms with Crippen LogP contribution < -0.4 is 0 Å². The molecule has 2 rings (SSSR count). The lowest BCUT2D eigenvalue weighted by Gasteiger charge is -2.44. The van der Waals surface area contributed by atoms with Gasteiger partial charge in [0.2, 0.25) is 5.91 Å². The number of quaternary nitrogens is 1. The summed E-state index contributed by atoms with van der Waals surface area (Å²) in [5.41, 5.74) is 1.40. The summed E-state index contributed by atoms with van der Waals surface area (Å²) < 4.78 is 1.11. The van der Waals surface area contributed by atoms with Crippen LogP contribution in [-0.2, 0) is 11.3 Å². The largest absolute Gasteiger partial charge is 0.331 e. The van der Waals surface area contributed by atoms with Crippen molar-refractivity contribution in [2.75, 3.05) is 32.7 Å². The highest BCUT2D eigenvalue weighted by Crippen LogP contribution is 2.18. The van der Waals surface area contributed by atoms with Crippen LogP contribution in [0.1, 0.15) is 25.8 Å². The summed E-state index contributed by atoms with van der Waals surface area (Å²) in [5.74, 6) is 0.300. The number of piperazine rings is 1. The van der Waals surface area contributed by atoms with Crippen LogP contribution in [0.5, 0.6) is 0 Å². The van der Waals surface area contributed by atoms with Crippen molar-refractivity contribution in [2.24, 2.45) is 0 Å². The molecule has 104 valence electrons. The zero-order chi connectivity index (χ0) is 13.7. The predicted octanol–water partition coefficient (Wildman–Crippen LogP) is 2.28. The molecule has 0 bridgehead atoms. The monoisotopic (exact) mass is 261 g/mol. The van der Waals surface area contributed by atoms with E-state index in [4.69, 9.17) is 0 Å². The second-order valence-corrected chi connectivity index (χ2v) is 5.48. The molecule has 19 heavy (non-hydrogen) atoms. The number of carbonyl (C=O) groups is 1. The molecule has 3 nitrogen and oxygen atoms in total. The molecule has 1 aliphatic heterocycles. The minimum atomic E-state index is 0.300. The molecular formula is C16H25N2O+. The first-order chi connectivity index (χ1) is 9.19. The van der Waals surface area contributed by atoms with Gasteiger partial charge in [0.05, 0.1) is 32.7 Å². The number of nitrogens with zero attached hydrogens (tertiary/aromatic N) is 2. The van der Waals surface area contributed by atoms with Crippen LogP contribution in [0.15, 0.2) is 30.3 Å². The molecule has 0 spiro atoms. The summed E-state index contributed by atoms with van der Waals surface area (Å²) in [6.07, 6.45) is 0.630. The zero-order valence-electron chi connectivity index (χ0n) is 12.1. The fraction of sp³-hybridized carbons (Fsp3) is 0.562. The summed E-state index contributed by atoms with van der Waals surface area (Å²) in [7, 11) is 0. The van der Waals surface area contributed by atoms with Crippen molar-refractivity contribution < 1.29 is 9.28 Å². The van der Waals surface area contributed by atoms with E-state index in [2.05, 4.69) is 37.3 Å². The standard InChI is InChI=1S/C16H25N2O/c1-3-16(19)17-10-12-18(4-2,13-11-17)14-15-8-6-5-7-9-15/h5-9H,3-4,10-14H2,1-2H3/q+1. The Morgan fingerprint density at radius 2 is 1.79 bits per heavy atom. The van der Waals surface area contributed by atoms with Crippen molar-refractivity contribution in [3.63, 3.8) is 0 Å². The number of carbonyl (C=O) groups excluding carboxylic acids is 1. The van der Waals surface area contributed by atoms with Gasteiger partial charge in [0.1, 0.15) is 6.54 Å². The molecule has 3 heteroatoms. The highest BCUT2D eigenvalue weighted by molar-refractivity contribution is 5.75. The molecule has 1 heterocycles. The summed E-state index contributed by atoms with van der Waals surface area (Å²) in [6, 6.07) is 10.7. The SMILES string of the molecule is CCC(=O)N1CC[N+](CC)(Cc2ccccc2)CC1. The third-order valence-electron chi connectivity index (χ3n) is 4.38. The Bertz CT molecular complexity index is 408. The van der Waals surface area contributed by atoms with Crippen LogP contribution in [0.25, 0.3) is 0 Å². The lowest BCUT2D eigenvalue weighted by atomic mass is 10.1. The second kappa shape index (κ2) is 6.20. The molecule has 0 aromatic heterocycles. The van der Waals surface area contributed by atoms with E-state index in [0.717, 1.165) is 43.8 Å². The van der Waals surface area contributed by atoms with Gasteiger partial charge in [0, 0.05) is 12.0 Å². The Kier molecular flexibility index (Phi) is 4.59. The van der Waals surface area contributed by atoms with Gasteiger partial charge in [-0.25, -0.2) is 0 Å². The van der Waals surface area contributed by atoms with Gasteiger partial charge in [-0.2, -0.15) is 0 Å². The van der Waals surface area contributed by atoms with Gasteiger partial charge < -0.3 is 9.38 Å². The first-order valence-electron chi connectivity index (χ1n) is 7.36. The Morgan fingerprint density at radius 1 is 1.16 bits per heavy atom. The van der Waals surface area contributed by atoms with Crippen molar-refractivity contribution in [1.29, 1.82) is 0 Å². The first kappa shape index (κ1) is 14.1. The van der Waals surface area contributed by atoms with Gasteiger partial charge in [-0.1, -0.05) is 37.3 Å². The van der Waals surface area contributed by atoms with Gasteiger partial charge in [0.15, 0.2) is 0 Å². The van der Waals surface area contributed by atoms with E-state index in [1.165, 1.54) is 5.56 Å². The third kappa shape index (κ3) is 3.35. The summed E-state index contributed by atoms with van der Waals surface area (Å²) in [6.45, 7) is 10.4. The normalized spacial score (nSPS) is 18.3. The van der Waals surface area contributed by atoms with Crippen LogP contribution in [0.3, 0.4) is 0 Å². The first-order valence-corrected chi connectivity index (χ1v) is 7.36. The number of benzene rings is 1. The molecule has 0 unspecified atom stereocenters. The third-order valence-corrected chi connectivity index (χ3v) is 4.38.